The van der Waals surface area contributed by atoms with Crippen molar-refractivity contribution in [1.82, 2.24) is 0 Å². The molecule has 0 aliphatic carbocycles. The zero-order chi connectivity index (χ0) is 28.9. The minimum atomic E-state index is -1.05. The summed E-state index contributed by atoms with van der Waals surface area (Å²) in [4.78, 5) is 45.4. The van der Waals surface area contributed by atoms with Crippen molar-refractivity contribution in [1.29, 1.82) is 0 Å². The second-order valence-corrected chi connectivity index (χ2v) is 8.30. The molecule has 0 radical (unpaired) electrons. The summed E-state index contributed by atoms with van der Waals surface area (Å²) < 4.78 is 25.7. The van der Waals surface area contributed by atoms with E-state index in [2.05, 4.69) is 0 Å². The number of hydrogen-bond acceptors (Lipinski definition) is 10. The molecule has 5 rings (SSSR count). The summed E-state index contributed by atoms with van der Waals surface area (Å²) in [6, 6.07) is 18.5. The highest BCUT2D eigenvalue weighted by molar-refractivity contribution is 5.94. The average Bonchev–Trinajstić information content (AvgIpc) is 2.97. The van der Waals surface area contributed by atoms with Crippen LogP contribution in [-0.2, 0) is 14.2 Å². The van der Waals surface area contributed by atoms with E-state index in [0.29, 0.717) is 22.6 Å². The van der Waals surface area contributed by atoms with Gasteiger partial charge in [-0.15, -0.1) is 0 Å². The van der Waals surface area contributed by atoms with Gasteiger partial charge in [0.05, 0.1) is 28.9 Å². The van der Waals surface area contributed by atoms with E-state index in [9.17, 15) is 19.2 Å². The monoisotopic (exact) mass is 552 g/mol. The molecule has 0 fully saturated rings. The fourth-order valence-electron chi connectivity index (χ4n) is 3.23. The lowest BCUT2D eigenvalue weighted by atomic mass is 10.1. The maximum absolute atomic E-state index is 11.8. The van der Waals surface area contributed by atoms with Crippen LogP contribution in [0.3, 0.4) is 0 Å². The molecular formula is C29H28O11. The Bertz CT molecular complexity index is 1280. The number of carbonyl (C=O) groups excluding carboxylic acids is 3. The predicted octanol–water partition coefficient (Wildman–Crippen LogP) is 3.39. The van der Waals surface area contributed by atoms with Crippen LogP contribution in [0.4, 0.5) is 0 Å². The van der Waals surface area contributed by atoms with Gasteiger partial charge in [0.15, 0.2) is 0 Å². The Balaban J connectivity index is 0.000000249. The number of benzene rings is 3. The number of fused-ring (bicyclic) bond motifs is 7. The number of aliphatic hydroxyl groups excluding tert-OH is 1. The summed E-state index contributed by atoms with van der Waals surface area (Å²) in [6.45, 7) is 2.17. The zero-order valence-corrected chi connectivity index (χ0v) is 21.6. The van der Waals surface area contributed by atoms with E-state index in [1.54, 1.807) is 55.5 Å². The lowest BCUT2D eigenvalue weighted by molar-refractivity contribution is 0.00395. The molecule has 0 amide bonds. The van der Waals surface area contributed by atoms with Crippen LogP contribution >= 0.6 is 0 Å². The van der Waals surface area contributed by atoms with Gasteiger partial charge in [-0.05, 0) is 79.7 Å². The number of ether oxygens (including phenoxy) is 5. The molecule has 11 heteroatoms. The molecule has 2 N–H and O–H groups in total. The molecular weight excluding hydrogens is 524 g/mol. The van der Waals surface area contributed by atoms with Crippen molar-refractivity contribution in [3.63, 3.8) is 0 Å². The van der Waals surface area contributed by atoms with Gasteiger partial charge in [0.2, 0.25) is 0 Å². The Labute approximate surface area is 229 Å². The Hall–Kier alpha value is -4.90. The highest BCUT2D eigenvalue weighted by atomic mass is 16.6. The molecule has 3 aromatic carbocycles. The molecule has 2 heterocycles. The molecule has 1 unspecified atom stereocenters. The van der Waals surface area contributed by atoms with Crippen molar-refractivity contribution in [2.75, 3.05) is 33.0 Å². The van der Waals surface area contributed by atoms with E-state index in [4.69, 9.17) is 33.9 Å². The molecule has 0 saturated heterocycles. The Morgan fingerprint density at radius 3 is 1.85 bits per heavy atom. The van der Waals surface area contributed by atoms with Crippen molar-refractivity contribution < 1.29 is 53.1 Å². The van der Waals surface area contributed by atoms with Crippen molar-refractivity contribution in [2.45, 2.75) is 13.0 Å². The Kier molecular flexibility index (Phi) is 11.0. The Morgan fingerprint density at radius 1 is 0.775 bits per heavy atom. The van der Waals surface area contributed by atoms with Crippen LogP contribution < -0.4 is 9.47 Å². The molecule has 2 aliphatic rings. The van der Waals surface area contributed by atoms with Gasteiger partial charge < -0.3 is 33.9 Å². The fourth-order valence-corrected chi connectivity index (χ4v) is 3.23. The van der Waals surface area contributed by atoms with Crippen LogP contribution in [0.5, 0.6) is 11.5 Å². The van der Waals surface area contributed by atoms with E-state index < -0.39 is 30.0 Å². The van der Waals surface area contributed by atoms with Crippen molar-refractivity contribution >= 4 is 23.9 Å². The third-order valence-corrected chi connectivity index (χ3v) is 5.25. The number of aliphatic hydroxyl groups is 1. The van der Waals surface area contributed by atoms with Gasteiger partial charge in [0.25, 0.3) is 0 Å². The number of rotatable bonds is 9. The average molecular weight is 553 g/mol. The quantitative estimate of drug-likeness (QED) is 0.228. The number of carboxylic acid groups (broad SMARTS) is 1. The summed E-state index contributed by atoms with van der Waals surface area (Å²) in [5.74, 6) is -1.18. The van der Waals surface area contributed by atoms with Gasteiger partial charge in [-0.3, -0.25) is 0 Å². The smallest absolute Gasteiger partial charge is 0.338 e. The number of esters is 3. The maximum Gasteiger partial charge on any atom is 0.338 e. The first-order chi connectivity index (χ1) is 19.3. The van der Waals surface area contributed by atoms with Gasteiger partial charge in [-0.25, -0.2) is 19.2 Å². The minimum absolute atomic E-state index is 0.0529. The summed E-state index contributed by atoms with van der Waals surface area (Å²) in [6.07, 6.45) is -0.421. The van der Waals surface area contributed by atoms with Gasteiger partial charge in [-0.2, -0.15) is 0 Å². The molecule has 1 atom stereocenters. The van der Waals surface area contributed by atoms with Crippen molar-refractivity contribution in [3.05, 3.63) is 95.1 Å². The summed E-state index contributed by atoms with van der Waals surface area (Å²) in [7, 11) is 0. The maximum atomic E-state index is 11.8. The zero-order valence-electron chi connectivity index (χ0n) is 21.6. The summed E-state index contributed by atoms with van der Waals surface area (Å²) >= 11 is 0. The SMILES string of the molecule is CC1COC(=O)c2ccc(cc2)C(=O)O1.O=C(O)c1ccc(C(=O)OCCOc2ccc(OCCO)cc2)cc1. The first-order valence-corrected chi connectivity index (χ1v) is 12.2. The molecule has 40 heavy (non-hydrogen) atoms. The first-order valence-electron chi connectivity index (χ1n) is 12.2. The highest BCUT2D eigenvalue weighted by Gasteiger charge is 2.18. The largest absolute Gasteiger partial charge is 0.491 e. The van der Waals surface area contributed by atoms with Crippen LogP contribution in [0, 0.1) is 0 Å². The van der Waals surface area contributed by atoms with E-state index in [-0.39, 0.29) is 44.2 Å². The molecule has 2 bridgehead atoms. The molecule has 11 nitrogen and oxygen atoms in total. The van der Waals surface area contributed by atoms with E-state index >= 15 is 0 Å². The highest BCUT2D eigenvalue weighted by Crippen LogP contribution is 2.17. The van der Waals surface area contributed by atoms with Crippen LogP contribution in [0.2, 0.25) is 0 Å². The van der Waals surface area contributed by atoms with Crippen molar-refractivity contribution in [2.24, 2.45) is 0 Å². The summed E-state index contributed by atoms with van der Waals surface area (Å²) in [5.41, 5.74) is 1.27. The number of carbonyl (C=O) groups is 4. The van der Waals surface area contributed by atoms with Crippen LogP contribution in [0.1, 0.15) is 48.4 Å². The van der Waals surface area contributed by atoms with E-state index in [1.807, 2.05) is 0 Å². The number of hydrogen-bond donors (Lipinski definition) is 2. The van der Waals surface area contributed by atoms with E-state index in [1.165, 1.54) is 24.3 Å². The lowest BCUT2D eigenvalue weighted by Gasteiger charge is -2.15. The van der Waals surface area contributed by atoms with Crippen LogP contribution in [0.25, 0.3) is 0 Å². The predicted molar refractivity (Wildman–Crippen MR) is 140 cm³/mol. The third-order valence-electron chi connectivity index (χ3n) is 5.25. The third kappa shape index (κ3) is 9.14. The minimum Gasteiger partial charge on any atom is -0.491 e. The van der Waals surface area contributed by atoms with Crippen LogP contribution in [-0.4, -0.2) is 73.2 Å². The van der Waals surface area contributed by atoms with Gasteiger partial charge >= 0.3 is 23.9 Å². The normalized spacial score (nSPS) is 14.1. The van der Waals surface area contributed by atoms with Gasteiger partial charge in [-0.1, -0.05) is 0 Å². The standard InChI is InChI=1S/C18H18O7.C11H10O4/c19-9-10-23-15-5-7-16(8-6-15)24-11-12-25-18(22)14-3-1-13(2-4-14)17(20)21;1-7-6-14-10(12)8-2-4-9(5-3-8)11(13)15-7/h1-8,19H,9-12H2,(H,20,21);2-5,7H,6H2,1H3. The topological polar surface area (TPSA) is 155 Å². The van der Waals surface area contributed by atoms with Crippen LogP contribution in [0.15, 0.2) is 72.8 Å². The molecule has 0 aromatic heterocycles. The van der Waals surface area contributed by atoms with Crippen molar-refractivity contribution in [3.8, 4) is 11.5 Å². The number of aromatic carboxylic acids is 1. The first kappa shape index (κ1) is 29.7. The number of carboxylic acids is 1. The molecule has 210 valence electrons. The molecule has 0 saturated carbocycles. The Morgan fingerprint density at radius 2 is 1.30 bits per heavy atom. The second kappa shape index (κ2) is 14.9. The fraction of sp³-hybridized carbons (Fsp3) is 0.241. The molecule has 2 aliphatic heterocycles. The van der Waals surface area contributed by atoms with Gasteiger partial charge in [0, 0.05) is 0 Å². The summed E-state index contributed by atoms with van der Waals surface area (Å²) in [5, 5.41) is 17.5. The lowest BCUT2D eigenvalue weighted by Crippen LogP contribution is -2.23. The molecule has 3 aromatic rings. The van der Waals surface area contributed by atoms with Gasteiger partial charge in [0.1, 0.15) is 44.0 Å². The van der Waals surface area contributed by atoms with E-state index in [0.717, 1.165) is 0 Å². The second-order valence-electron chi connectivity index (χ2n) is 8.30. The molecule has 0 spiro atoms.